The van der Waals surface area contributed by atoms with E-state index in [9.17, 15) is 9.59 Å². The predicted molar refractivity (Wildman–Crippen MR) is 76.5 cm³/mol. The summed E-state index contributed by atoms with van der Waals surface area (Å²) in [6.45, 7) is 1.47. The Morgan fingerprint density at radius 2 is 2.14 bits per heavy atom. The first-order valence-corrected chi connectivity index (χ1v) is 6.69. The summed E-state index contributed by atoms with van der Waals surface area (Å²) in [5.41, 5.74) is 6.58. The van der Waals surface area contributed by atoms with Crippen LogP contribution >= 0.6 is 0 Å². The summed E-state index contributed by atoms with van der Waals surface area (Å²) in [6, 6.07) is 5.02. The van der Waals surface area contributed by atoms with Gasteiger partial charge in [0, 0.05) is 43.7 Å². The van der Waals surface area contributed by atoms with Gasteiger partial charge < -0.3 is 11.1 Å². The van der Waals surface area contributed by atoms with Gasteiger partial charge in [0.1, 0.15) is 11.7 Å². The molecule has 0 aromatic carbocycles. The van der Waals surface area contributed by atoms with E-state index in [4.69, 9.17) is 5.73 Å². The second-order valence-corrected chi connectivity index (χ2v) is 4.88. The third-order valence-corrected chi connectivity index (χ3v) is 3.53. The van der Waals surface area contributed by atoms with Gasteiger partial charge in [-0.2, -0.15) is 0 Å². The third kappa shape index (κ3) is 2.55. The number of hydrogen-bond donors (Lipinski definition) is 2. The molecule has 0 saturated carbocycles. The third-order valence-electron chi connectivity index (χ3n) is 3.53. The number of primary amides is 1. The Labute approximate surface area is 120 Å². The molecule has 1 aliphatic heterocycles. The van der Waals surface area contributed by atoms with Gasteiger partial charge in [0.05, 0.1) is 5.69 Å². The predicted octanol–water partition coefficient (Wildman–Crippen LogP) is -0.523. The van der Waals surface area contributed by atoms with E-state index >= 15 is 0 Å². The molecular weight excluding hydrogens is 270 g/mol. The van der Waals surface area contributed by atoms with Gasteiger partial charge >= 0.3 is 0 Å². The van der Waals surface area contributed by atoms with Crippen molar-refractivity contribution < 1.29 is 4.79 Å². The highest BCUT2D eigenvalue weighted by molar-refractivity contribution is 5.81. The summed E-state index contributed by atoms with van der Waals surface area (Å²) in [5.74, 6) is -0.675. The molecule has 0 saturated heterocycles. The van der Waals surface area contributed by atoms with E-state index in [-0.39, 0.29) is 5.56 Å². The van der Waals surface area contributed by atoms with Crippen LogP contribution in [0.25, 0.3) is 11.3 Å². The molecule has 1 aliphatic rings. The standard InChI is InChI=1S/C14H15N5O2/c15-13(21)10-8-17-5-6-19-12(20)7-11(18-14(10)19)9-1-3-16-4-2-9/h1-4,7,10,17H,5-6,8H2,(H2,15,21). The molecule has 0 radical (unpaired) electrons. The minimum absolute atomic E-state index is 0.179. The van der Waals surface area contributed by atoms with Crippen LogP contribution in [0.2, 0.25) is 0 Å². The van der Waals surface area contributed by atoms with Crippen molar-refractivity contribution in [2.75, 3.05) is 13.1 Å². The zero-order valence-electron chi connectivity index (χ0n) is 11.3. The van der Waals surface area contributed by atoms with E-state index in [1.54, 1.807) is 24.5 Å². The van der Waals surface area contributed by atoms with E-state index < -0.39 is 11.8 Å². The monoisotopic (exact) mass is 285 g/mol. The van der Waals surface area contributed by atoms with E-state index in [2.05, 4.69) is 15.3 Å². The van der Waals surface area contributed by atoms with Crippen LogP contribution in [0.4, 0.5) is 0 Å². The maximum absolute atomic E-state index is 12.3. The summed E-state index contributed by atoms with van der Waals surface area (Å²) in [4.78, 5) is 32.4. The van der Waals surface area contributed by atoms with Crippen LogP contribution < -0.4 is 16.6 Å². The molecule has 21 heavy (non-hydrogen) atoms. The number of fused-ring (bicyclic) bond motifs is 1. The number of carbonyl (C=O) groups excluding carboxylic acids is 1. The normalized spacial score (nSPS) is 17.8. The average molecular weight is 285 g/mol. The maximum atomic E-state index is 12.3. The van der Waals surface area contributed by atoms with E-state index in [0.717, 1.165) is 5.56 Å². The maximum Gasteiger partial charge on any atom is 0.254 e. The molecule has 1 unspecified atom stereocenters. The lowest BCUT2D eigenvalue weighted by Gasteiger charge is -2.15. The lowest BCUT2D eigenvalue weighted by molar-refractivity contribution is -0.119. The SMILES string of the molecule is NC(=O)C1CNCCn2c1nc(-c1ccncc1)cc2=O. The lowest BCUT2D eigenvalue weighted by atomic mass is 10.1. The summed E-state index contributed by atoms with van der Waals surface area (Å²) < 4.78 is 1.51. The Kier molecular flexibility index (Phi) is 3.49. The van der Waals surface area contributed by atoms with Crippen molar-refractivity contribution in [1.29, 1.82) is 0 Å². The quantitative estimate of drug-likeness (QED) is 0.772. The van der Waals surface area contributed by atoms with Gasteiger partial charge in [0.2, 0.25) is 5.91 Å². The van der Waals surface area contributed by atoms with E-state index in [1.165, 1.54) is 10.6 Å². The van der Waals surface area contributed by atoms with Gasteiger partial charge in [-0.1, -0.05) is 0 Å². The molecular formula is C14H15N5O2. The molecule has 2 aromatic heterocycles. The summed E-state index contributed by atoms with van der Waals surface area (Å²) in [5, 5.41) is 3.10. The fourth-order valence-corrected chi connectivity index (χ4v) is 2.44. The van der Waals surface area contributed by atoms with Crippen molar-refractivity contribution in [3.05, 3.63) is 46.8 Å². The molecule has 7 nitrogen and oxygen atoms in total. The molecule has 3 rings (SSSR count). The molecule has 3 heterocycles. The number of amides is 1. The second-order valence-electron chi connectivity index (χ2n) is 4.88. The highest BCUT2D eigenvalue weighted by atomic mass is 16.1. The number of nitrogens with zero attached hydrogens (tertiary/aromatic N) is 3. The van der Waals surface area contributed by atoms with Crippen LogP contribution in [0.15, 0.2) is 35.4 Å². The van der Waals surface area contributed by atoms with E-state index in [0.29, 0.717) is 31.2 Å². The lowest BCUT2D eigenvalue weighted by Crippen LogP contribution is -2.33. The first kappa shape index (κ1) is 13.4. The molecule has 0 spiro atoms. The van der Waals surface area contributed by atoms with Gasteiger partial charge in [-0.15, -0.1) is 0 Å². The van der Waals surface area contributed by atoms with Crippen molar-refractivity contribution in [3.63, 3.8) is 0 Å². The Morgan fingerprint density at radius 3 is 2.86 bits per heavy atom. The van der Waals surface area contributed by atoms with Crippen molar-refractivity contribution in [3.8, 4) is 11.3 Å². The van der Waals surface area contributed by atoms with Crippen LogP contribution in [0.5, 0.6) is 0 Å². The smallest absolute Gasteiger partial charge is 0.254 e. The minimum atomic E-state index is -0.609. The van der Waals surface area contributed by atoms with E-state index in [1.807, 2.05) is 0 Å². The topological polar surface area (TPSA) is 103 Å². The highest BCUT2D eigenvalue weighted by Gasteiger charge is 2.26. The number of aromatic nitrogens is 3. The van der Waals surface area contributed by atoms with Gasteiger partial charge in [-0.05, 0) is 12.1 Å². The summed E-state index contributed by atoms with van der Waals surface area (Å²) in [7, 11) is 0. The fraction of sp³-hybridized carbons (Fsp3) is 0.286. The van der Waals surface area contributed by atoms with Crippen LogP contribution in [-0.2, 0) is 11.3 Å². The number of nitrogens with one attached hydrogen (secondary N) is 1. The zero-order valence-corrected chi connectivity index (χ0v) is 11.3. The molecule has 1 amide bonds. The molecule has 108 valence electrons. The molecule has 7 heteroatoms. The fourth-order valence-electron chi connectivity index (χ4n) is 2.44. The molecule has 1 atom stereocenters. The molecule has 0 aliphatic carbocycles. The first-order chi connectivity index (χ1) is 10.2. The number of carbonyl (C=O) groups is 1. The van der Waals surface area contributed by atoms with Crippen LogP contribution in [0.3, 0.4) is 0 Å². The average Bonchev–Trinajstić information content (AvgIpc) is 2.71. The summed E-state index contributed by atoms with van der Waals surface area (Å²) >= 11 is 0. The van der Waals surface area contributed by atoms with Crippen LogP contribution in [0.1, 0.15) is 11.7 Å². The van der Waals surface area contributed by atoms with Crippen molar-refractivity contribution in [2.45, 2.75) is 12.5 Å². The van der Waals surface area contributed by atoms with Crippen molar-refractivity contribution in [2.24, 2.45) is 5.73 Å². The number of pyridine rings is 1. The second kappa shape index (κ2) is 5.45. The molecule has 2 aromatic rings. The highest BCUT2D eigenvalue weighted by Crippen LogP contribution is 2.19. The Morgan fingerprint density at radius 1 is 1.38 bits per heavy atom. The Hall–Kier alpha value is -2.54. The number of nitrogens with two attached hydrogens (primary N) is 1. The largest absolute Gasteiger partial charge is 0.369 e. The summed E-state index contributed by atoms with van der Waals surface area (Å²) in [6.07, 6.45) is 3.26. The number of rotatable bonds is 2. The Balaban J connectivity index is 2.18. The van der Waals surface area contributed by atoms with Crippen molar-refractivity contribution in [1.82, 2.24) is 19.9 Å². The van der Waals surface area contributed by atoms with Gasteiger partial charge in [-0.3, -0.25) is 19.1 Å². The molecule has 0 fully saturated rings. The zero-order chi connectivity index (χ0) is 14.8. The van der Waals surface area contributed by atoms with Gasteiger partial charge in [0.25, 0.3) is 5.56 Å². The molecule has 0 bridgehead atoms. The van der Waals surface area contributed by atoms with Gasteiger partial charge in [0.15, 0.2) is 0 Å². The van der Waals surface area contributed by atoms with Crippen molar-refractivity contribution >= 4 is 5.91 Å². The first-order valence-electron chi connectivity index (χ1n) is 6.69. The minimum Gasteiger partial charge on any atom is -0.369 e. The van der Waals surface area contributed by atoms with Crippen LogP contribution in [-0.4, -0.2) is 33.5 Å². The molecule has 3 N–H and O–H groups in total. The van der Waals surface area contributed by atoms with Gasteiger partial charge in [-0.25, -0.2) is 4.98 Å². The number of hydrogen-bond acceptors (Lipinski definition) is 5. The Bertz CT molecular complexity index is 726. The van der Waals surface area contributed by atoms with Crippen LogP contribution in [0, 0.1) is 0 Å².